The van der Waals surface area contributed by atoms with Crippen LogP contribution in [0.2, 0.25) is 0 Å². The zero-order valence-corrected chi connectivity index (χ0v) is 12.3. The molecule has 0 fully saturated rings. The van der Waals surface area contributed by atoms with E-state index in [9.17, 15) is 4.79 Å². The summed E-state index contributed by atoms with van der Waals surface area (Å²) < 4.78 is 0. The number of hydrogen-bond donors (Lipinski definition) is 2. The molecule has 0 aliphatic carbocycles. The van der Waals surface area contributed by atoms with Gasteiger partial charge in [0.25, 0.3) is 5.91 Å². The van der Waals surface area contributed by atoms with Gasteiger partial charge in [-0.1, -0.05) is 6.92 Å². The van der Waals surface area contributed by atoms with Crippen LogP contribution in [-0.4, -0.2) is 50.0 Å². The van der Waals surface area contributed by atoms with Gasteiger partial charge in [-0.3, -0.25) is 4.79 Å². The molecule has 0 unspecified atom stereocenters. The molecule has 19 heavy (non-hydrogen) atoms. The monoisotopic (exact) mass is 264 g/mol. The Morgan fingerprint density at radius 3 is 2.68 bits per heavy atom. The van der Waals surface area contributed by atoms with Crippen LogP contribution in [0.25, 0.3) is 0 Å². The predicted molar refractivity (Wildman–Crippen MR) is 78.7 cm³/mol. The van der Waals surface area contributed by atoms with Crippen LogP contribution in [0.4, 0.5) is 5.82 Å². The topological polar surface area (TPSA) is 57.3 Å². The van der Waals surface area contributed by atoms with E-state index in [0.29, 0.717) is 12.1 Å². The summed E-state index contributed by atoms with van der Waals surface area (Å²) >= 11 is 0. The minimum absolute atomic E-state index is 0.0349. The Morgan fingerprint density at radius 1 is 1.37 bits per heavy atom. The van der Waals surface area contributed by atoms with Crippen LogP contribution in [0, 0.1) is 0 Å². The molecule has 0 bridgehead atoms. The van der Waals surface area contributed by atoms with E-state index in [1.54, 1.807) is 13.1 Å². The van der Waals surface area contributed by atoms with Gasteiger partial charge in [-0.25, -0.2) is 4.98 Å². The highest BCUT2D eigenvalue weighted by molar-refractivity contribution is 5.94. The first kappa shape index (κ1) is 15.4. The fourth-order valence-corrected chi connectivity index (χ4v) is 1.73. The summed E-state index contributed by atoms with van der Waals surface area (Å²) in [6, 6.07) is 3.63. The van der Waals surface area contributed by atoms with Crippen molar-refractivity contribution in [3.05, 3.63) is 23.4 Å². The summed E-state index contributed by atoms with van der Waals surface area (Å²) in [6.45, 7) is 3.69. The number of aromatic nitrogens is 1. The molecule has 5 heteroatoms. The van der Waals surface area contributed by atoms with Crippen molar-refractivity contribution in [1.29, 1.82) is 0 Å². The molecule has 0 spiro atoms. The highest BCUT2D eigenvalue weighted by atomic mass is 16.1. The lowest BCUT2D eigenvalue weighted by Gasteiger charge is -2.11. The van der Waals surface area contributed by atoms with Gasteiger partial charge in [-0.2, -0.15) is 0 Å². The average Bonchev–Trinajstić information content (AvgIpc) is 2.42. The standard InChI is InChI=1S/C14H24N4O/c1-5-12-9-11(10-13(15-2)17-12)14(19)16-7-6-8-18(3)4/h9-10H,5-8H2,1-4H3,(H,15,17)(H,16,19). The number of rotatable bonds is 7. The molecule has 1 aromatic heterocycles. The lowest BCUT2D eigenvalue weighted by molar-refractivity contribution is 0.0952. The SMILES string of the molecule is CCc1cc(C(=O)NCCCN(C)C)cc(NC)n1. The summed E-state index contributed by atoms with van der Waals surface area (Å²) in [5, 5.41) is 5.92. The Balaban J connectivity index is 2.60. The fraction of sp³-hybridized carbons (Fsp3) is 0.571. The van der Waals surface area contributed by atoms with E-state index in [4.69, 9.17) is 0 Å². The normalized spacial score (nSPS) is 10.6. The van der Waals surface area contributed by atoms with Gasteiger partial charge in [-0.05, 0) is 45.6 Å². The van der Waals surface area contributed by atoms with E-state index in [-0.39, 0.29) is 5.91 Å². The summed E-state index contributed by atoms with van der Waals surface area (Å²) in [7, 11) is 5.86. The minimum atomic E-state index is -0.0349. The average molecular weight is 264 g/mol. The Bertz CT molecular complexity index is 396. The number of hydrogen-bond acceptors (Lipinski definition) is 4. The maximum Gasteiger partial charge on any atom is 0.251 e. The van der Waals surface area contributed by atoms with Gasteiger partial charge in [0.15, 0.2) is 0 Å². The zero-order valence-electron chi connectivity index (χ0n) is 12.3. The van der Waals surface area contributed by atoms with Gasteiger partial charge in [0.2, 0.25) is 0 Å². The number of aryl methyl sites for hydroxylation is 1. The van der Waals surface area contributed by atoms with Crippen LogP contribution in [0.3, 0.4) is 0 Å². The lowest BCUT2D eigenvalue weighted by Crippen LogP contribution is -2.27. The molecule has 0 saturated carbocycles. The maximum absolute atomic E-state index is 12.0. The zero-order chi connectivity index (χ0) is 14.3. The van der Waals surface area contributed by atoms with Gasteiger partial charge < -0.3 is 15.5 Å². The van der Waals surface area contributed by atoms with Gasteiger partial charge in [0.05, 0.1) is 0 Å². The summed E-state index contributed by atoms with van der Waals surface area (Å²) in [6.07, 6.45) is 1.76. The Kier molecular flexibility index (Phi) is 6.29. The number of amides is 1. The molecule has 0 aliphatic heterocycles. The third kappa shape index (κ3) is 5.26. The first-order chi connectivity index (χ1) is 9.06. The quantitative estimate of drug-likeness (QED) is 0.730. The number of anilines is 1. The molecule has 0 aromatic carbocycles. The van der Waals surface area contributed by atoms with Crippen LogP contribution in [0.5, 0.6) is 0 Å². The van der Waals surface area contributed by atoms with Crippen LogP contribution in [-0.2, 0) is 6.42 Å². The Labute approximate surface area is 115 Å². The smallest absolute Gasteiger partial charge is 0.251 e. The molecule has 1 heterocycles. The van der Waals surface area contributed by atoms with E-state index in [2.05, 4.69) is 20.5 Å². The molecular weight excluding hydrogens is 240 g/mol. The second-order valence-electron chi connectivity index (χ2n) is 4.75. The van der Waals surface area contributed by atoms with Crippen LogP contribution in [0.15, 0.2) is 12.1 Å². The van der Waals surface area contributed by atoms with Crippen molar-refractivity contribution in [2.45, 2.75) is 19.8 Å². The van der Waals surface area contributed by atoms with Crippen molar-refractivity contribution in [3.8, 4) is 0 Å². The number of pyridine rings is 1. The molecule has 0 radical (unpaired) electrons. The largest absolute Gasteiger partial charge is 0.373 e. The maximum atomic E-state index is 12.0. The second kappa shape index (κ2) is 7.74. The first-order valence-corrected chi connectivity index (χ1v) is 6.68. The Morgan fingerprint density at radius 2 is 2.11 bits per heavy atom. The Hall–Kier alpha value is -1.62. The second-order valence-corrected chi connectivity index (χ2v) is 4.75. The van der Waals surface area contributed by atoms with Gasteiger partial charge in [-0.15, -0.1) is 0 Å². The first-order valence-electron chi connectivity index (χ1n) is 6.68. The van der Waals surface area contributed by atoms with Crippen LogP contribution in [0.1, 0.15) is 29.4 Å². The highest BCUT2D eigenvalue weighted by Gasteiger charge is 2.08. The number of nitrogens with zero attached hydrogens (tertiary/aromatic N) is 2. The van der Waals surface area contributed by atoms with Gasteiger partial charge >= 0.3 is 0 Å². The number of nitrogens with one attached hydrogen (secondary N) is 2. The third-order valence-electron chi connectivity index (χ3n) is 2.83. The van der Waals surface area contributed by atoms with E-state index in [1.807, 2.05) is 27.1 Å². The van der Waals surface area contributed by atoms with Crippen molar-refractivity contribution in [1.82, 2.24) is 15.2 Å². The lowest BCUT2D eigenvalue weighted by atomic mass is 10.2. The summed E-state index contributed by atoms with van der Waals surface area (Å²) in [4.78, 5) is 18.5. The van der Waals surface area contributed by atoms with Gasteiger partial charge in [0, 0.05) is 24.8 Å². The highest BCUT2D eigenvalue weighted by Crippen LogP contribution is 2.10. The summed E-state index contributed by atoms with van der Waals surface area (Å²) in [5.41, 5.74) is 1.59. The molecule has 106 valence electrons. The third-order valence-corrected chi connectivity index (χ3v) is 2.83. The van der Waals surface area contributed by atoms with E-state index < -0.39 is 0 Å². The molecule has 5 nitrogen and oxygen atoms in total. The molecule has 2 N–H and O–H groups in total. The van der Waals surface area contributed by atoms with Crippen LogP contribution >= 0.6 is 0 Å². The molecule has 0 saturated heterocycles. The van der Waals surface area contributed by atoms with E-state index >= 15 is 0 Å². The van der Waals surface area contributed by atoms with Gasteiger partial charge in [0.1, 0.15) is 5.82 Å². The van der Waals surface area contributed by atoms with Crippen molar-refractivity contribution in [3.63, 3.8) is 0 Å². The predicted octanol–water partition coefficient (Wildman–Crippen LogP) is 1.37. The number of carbonyl (C=O) groups excluding carboxylic acids is 1. The molecule has 1 amide bonds. The molecule has 1 aromatic rings. The van der Waals surface area contributed by atoms with Crippen molar-refractivity contribution < 1.29 is 4.79 Å². The molecule has 0 aliphatic rings. The molecule has 0 atom stereocenters. The summed E-state index contributed by atoms with van der Waals surface area (Å²) in [5.74, 6) is 0.699. The van der Waals surface area contributed by atoms with Crippen molar-refractivity contribution in [2.24, 2.45) is 0 Å². The van der Waals surface area contributed by atoms with Crippen molar-refractivity contribution in [2.75, 3.05) is 39.5 Å². The van der Waals surface area contributed by atoms with E-state index in [1.165, 1.54) is 0 Å². The minimum Gasteiger partial charge on any atom is -0.373 e. The van der Waals surface area contributed by atoms with Crippen LogP contribution < -0.4 is 10.6 Å². The molecule has 1 rings (SSSR count). The molecular formula is C14H24N4O. The van der Waals surface area contributed by atoms with Crippen molar-refractivity contribution >= 4 is 11.7 Å². The fourth-order valence-electron chi connectivity index (χ4n) is 1.73. The van der Waals surface area contributed by atoms with E-state index in [0.717, 1.165) is 30.9 Å². The number of carbonyl (C=O) groups is 1.